The fourth-order valence-electron chi connectivity index (χ4n) is 7.70. The number of carbonyl (C=O) groups is 2. The molecule has 3 fully saturated rings. The molecule has 5 N–H and O–H groups in total. The van der Waals surface area contributed by atoms with Gasteiger partial charge in [0.2, 0.25) is 5.91 Å². The van der Waals surface area contributed by atoms with E-state index in [-0.39, 0.29) is 30.6 Å². The van der Waals surface area contributed by atoms with Crippen molar-refractivity contribution in [3.63, 3.8) is 0 Å². The van der Waals surface area contributed by atoms with E-state index < -0.39 is 66.5 Å². The highest BCUT2D eigenvalue weighted by molar-refractivity contribution is 5.76. The topological polar surface area (TPSA) is 176 Å². The minimum absolute atomic E-state index is 0.0405. The molecule has 55 heavy (non-hydrogen) atoms. The van der Waals surface area contributed by atoms with E-state index in [1.54, 1.807) is 20.8 Å². The number of aliphatic hydroxyl groups excluding tert-OH is 2. The number of esters is 1. The molecule has 14 atom stereocenters. The van der Waals surface area contributed by atoms with Crippen molar-refractivity contribution in [2.75, 3.05) is 27.3 Å². The van der Waals surface area contributed by atoms with Crippen molar-refractivity contribution in [3.8, 4) is 0 Å². The molecule has 0 aromatic rings. The van der Waals surface area contributed by atoms with Crippen LogP contribution in [0.2, 0.25) is 0 Å². The molecule has 13 nitrogen and oxygen atoms in total. The highest BCUT2D eigenvalue weighted by Gasteiger charge is 2.44. The molecule has 3 rings (SSSR count). The molecule has 3 heterocycles. The standard InChI is InChI=1S/C28H51NO9.C10H21NO2.2C2H6/c1-16-11-18(3)37-23(12-16)38-21-9-10-27(6,33)13-17(2)24(35-14-22(30)29-8)20(5)25(31)28(7,34)15-36-26(32)19(21)4;1-7(2)11(4)9-5-8(3)13-10(12)6-9;2*1-2/h16-21,23-25,31,33-34H,9-15H2,1-8H3,(H,29,30);7-10,12H,5-6H2,1-4H3;2*1-2H3/t16?,17-,18?,19?,20?,21+,23+,24?,25?,27+,28-;;;/m1.../s1. The van der Waals surface area contributed by atoms with Crippen LogP contribution in [0, 0.1) is 23.7 Å². The largest absolute Gasteiger partial charge is 0.462 e. The zero-order valence-corrected chi connectivity index (χ0v) is 37.5. The first-order valence-electron chi connectivity index (χ1n) is 21.0. The number of carbonyl (C=O) groups excluding carboxylic acids is 2. The average molecular weight is 793 g/mol. The number of nitrogens with zero attached hydrogens (tertiary/aromatic N) is 1. The van der Waals surface area contributed by atoms with E-state index >= 15 is 0 Å². The van der Waals surface area contributed by atoms with Crippen LogP contribution in [-0.4, -0.2) is 131 Å². The monoisotopic (exact) mass is 793 g/mol. The number of amides is 1. The van der Waals surface area contributed by atoms with Gasteiger partial charge in [0.1, 0.15) is 18.8 Å². The molecule has 0 spiro atoms. The zero-order valence-electron chi connectivity index (χ0n) is 37.5. The molecule has 0 aromatic carbocycles. The van der Waals surface area contributed by atoms with Crippen LogP contribution < -0.4 is 5.32 Å². The Morgan fingerprint density at radius 2 is 1.53 bits per heavy atom. The molecular weight excluding hydrogens is 708 g/mol. The van der Waals surface area contributed by atoms with Crippen LogP contribution in [0.5, 0.6) is 0 Å². The first-order chi connectivity index (χ1) is 25.6. The van der Waals surface area contributed by atoms with Crippen LogP contribution in [0.15, 0.2) is 0 Å². The predicted octanol–water partition coefficient (Wildman–Crippen LogP) is 5.43. The maximum atomic E-state index is 13.1. The summed E-state index contributed by atoms with van der Waals surface area (Å²) in [5.41, 5.74) is -2.92. The van der Waals surface area contributed by atoms with Crippen molar-refractivity contribution < 1.29 is 53.7 Å². The summed E-state index contributed by atoms with van der Waals surface area (Å²) in [5, 5.41) is 45.5. The van der Waals surface area contributed by atoms with Crippen molar-refractivity contribution >= 4 is 11.9 Å². The first-order valence-corrected chi connectivity index (χ1v) is 21.0. The molecule has 13 heteroatoms. The number of aliphatic hydroxyl groups is 4. The zero-order chi connectivity index (χ0) is 42.8. The molecule has 328 valence electrons. The van der Waals surface area contributed by atoms with Crippen molar-refractivity contribution in [1.29, 1.82) is 0 Å². The second kappa shape index (κ2) is 25.8. The van der Waals surface area contributed by atoms with Gasteiger partial charge in [-0.2, -0.15) is 0 Å². The smallest absolute Gasteiger partial charge is 0.311 e. The van der Waals surface area contributed by atoms with Gasteiger partial charge in [-0.25, -0.2) is 0 Å². The van der Waals surface area contributed by atoms with Gasteiger partial charge in [0.25, 0.3) is 0 Å². The molecule has 1 amide bonds. The number of hydrogen-bond acceptors (Lipinski definition) is 12. The normalized spacial score (nSPS) is 39.1. The number of nitrogens with one attached hydrogen (secondary N) is 1. The van der Waals surface area contributed by atoms with Gasteiger partial charge in [-0.05, 0) is 99.5 Å². The third-order valence-electron chi connectivity index (χ3n) is 11.0. The highest BCUT2D eigenvalue weighted by atomic mass is 16.7. The van der Waals surface area contributed by atoms with Crippen LogP contribution >= 0.6 is 0 Å². The second-order valence-electron chi connectivity index (χ2n) is 16.6. The maximum Gasteiger partial charge on any atom is 0.311 e. The van der Waals surface area contributed by atoms with Gasteiger partial charge in [0.05, 0.1) is 42.0 Å². The number of hydrogen-bond donors (Lipinski definition) is 5. The number of ether oxygens (including phenoxy) is 5. The number of cyclic esters (lactones) is 1. The van der Waals surface area contributed by atoms with E-state index in [0.717, 1.165) is 19.3 Å². The fourth-order valence-corrected chi connectivity index (χ4v) is 7.70. The van der Waals surface area contributed by atoms with Gasteiger partial charge in [0, 0.05) is 37.9 Å². The Labute approximate surface area is 334 Å². The summed E-state index contributed by atoms with van der Waals surface area (Å²) in [6, 6.07) is 0.987. The van der Waals surface area contributed by atoms with Crippen molar-refractivity contribution in [3.05, 3.63) is 0 Å². The SMILES string of the molecule is CC.CC.CC1CC(N(C)C(C)C)CC(O)O1.CNC(=O)COC1C(C)C(O)[C@](C)(O)COC(=O)C(C)[C@@H](O[C@H]2CC(C)CC(C)O2)CC[C@](C)(O)C[C@H]1C. The lowest BCUT2D eigenvalue weighted by Gasteiger charge is -2.41. The average Bonchev–Trinajstić information content (AvgIpc) is 3.11. The molecule has 0 aliphatic carbocycles. The van der Waals surface area contributed by atoms with Crippen molar-refractivity contribution in [1.82, 2.24) is 10.2 Å². The second-order valence-corrected chi connectivity index (χ2v) is 16.6. The van der Waals surface area contributed by atoms with Crippen LogP contribution in [-0.2, 0) is 33.3 Å². The van der Waals surface area contributed by atoms with Gasteiger partial charge in [-0.3, -0.25) is 9.59 Å². The van der Waals surface area contributed by atoms with Crippen molar-refractivity contribution in [2.45, 2.75) is 208 Å². The Morgan fingerprint density at radius 1 is 0.945 bits per heavy atom. The Morgan fingerprint density at radius 3 is 2.05 bits per heavy atom. The van der Waals surface area contributed by atoms with Crippen LogP contribution in [0.4, 0.5) is 0 Å². The van der Waals surface area contributed by atoms with E-state index in [0.29, 0.717) is 43.7 Å². The number of rotatable bonds is 7. The minimum Gasteiger partial charge on any atom is -0.462 e. The van der Waals surface area contributed by atoms with Crippen molar-refractivity contribution in [2.24, 2.45) is 23.7 Å². The van der Waals surface area contributed by atoms with E-state index in [9.17, 15) is 30.0 Å². The molecular formula is C42H84N2O11. The molecule has 0 radical (unpaired) electrons. The fraction of sp³-hybridized carbons (Fsp3) is 0.952. The van der Waals surface area contributed by atoms with Gasteiger partial charge < -0.3 is 54.3 Å². The summed E-state index contributed by atoms with van der Waals surface area (Å²) < 4.78 is 29.0. The number of likely N-dealkylation sites (N-methyl/N-ethyl adjacent to an activating group) is 1. The van der Waals surface area contributed by atoms with Crippen LogP contribution in [0.1, 0.15) is 142 Å². The summed E-state index contributed by atoms with van der Waals surface area (Å²) in [7, 11) is 3.62. The van der Waals surface area contributed by atoms with E-state index in [2.05, 4.69) is 38.0 Å². The molecule has 0 aromatic heterocycles. The predicted molar refractivity (Wildman–Crippen MR) is 216 cm³/mol. The molecule has 0 bridgehead atoms. The summed E-state index contributed by atoms with van der Waals surface area (Å²) in [6.45, 7) is 26.3. The van der Waals surface area contributed by atoms with Gasteiger partial charge in [-0.15, -0.1) is 0 Å². The van der Waals surface area contributed by atoms with Crippen LogP contribution in [0.3, 0.4) is 0 Å². The summed E-state index contributed by atoms with van der Waals surface area (Å²) in [6.07, 6.45) is 1.04. The Balaban J connectivity index is 0.00000143. The van der Waals surface area contributed by atoms with E-state index in [4.69, 9.17) is 23.7 Å². The molecule has 9 unspecified atom stereocenters. The first kappa shape index (κ1) is 53.6. The quantitative estimate of drug-likeness (QED) is 0.207. The maximum absolute atomic E-state index is 13.1. The molecule has 0 saturated carbocycles. The molecule has 3 aliphatic rings. The summed E-state index contributed by atoms with van der Waals surface area (Å²) in [4.78, 5) is 27.3. The third kappa shape index (κ3) is 18.8. The van der Waals surface area contributed by atoms with E-state index in [1.165, 1.54) is 14.0 Å². The van der Waals surface area contributed by atoms with Gasteiger partial charge in [-0.1, -0.05) is 48.5 Å². The lowest BCUT2D eigenvalue weighted by Crippen LogP contribution is -2.53. The highest BCUT2D eigenvalue weighted by Crippen LogP contribution is 2.35. The van der Waals surface area contributed by atoms with E-state index in [1.807, 2.05) is 48.5 Å². The Hall–Kier alpha value is -1.42. The molecule has 3 aliphatic heterocycles. The van der Waals surface area contributed by atoms with Gasteiger partial charge >= 0.3 is 5.97 Å². The minimum atomic E-state index is -1.77. The van der Waals surface area contributed by atoms with Gasteiger partial charge in [0.15, 0.2) is 12.6 Å². The Bertz CT molecular complexity index is 1040. The third-order valence-corrected chi connectivity index (χ3v) is 11.0. The Kier molecular flexibility index (Phi) is 25.2. The molecule has 3 saturated heterocycles. The summed E-state index contributed by atoms with van der Waals surface area (Å²) in [5.74, 6) is -2.07. The lowest BCUT2D eigenvalue weighted by atomic mass is 9.77. The summed E-state index contributed by atoms with van der Waals surface area (Å²) >= 11 is 0. The van der Waals surface area contributed by atoms with Crippen LogP contribution in [0.25, 0.3) is 0 Å². The lowest BCUT2D eigenvalue weighted by molar-refractivity contribution is -0.233.